The Kier molecular flexibility index (Phi) is 4.47. The minimum absolute atomic E-state index is 0.0128. The highest BCUT2D eigenvalue weighted by atomic mass is 16.2. The topological polar surface area (TPSA) is 103 Å². The number of hydrogen-bond acceptors (Lipinski definition) is 5. The second-order valence-electron chi connectivity index (χ2n) is 6.79. The number of pyridine rings is 1. The molecule has 1 saturated heterocycles. The van der Waals surface area contributed by atoms with E-state index in [1.165, 1.54) is 18.7 Å². The summed E-state index contributed by atoms with van der Waals surface area (Å²) in [4.78, 5) is 43.3. The van der Waals surface area contributed by atoms with E-state index in [-0.39, 0.29) is 23.3 Å². The number of hydrogen-bond donors (Lipinski definition) is 1. The average molecular weight is 345 g/mol. The number of rotatable bonds is 2. The molecule has 0 aliphatic carbocycles. The van der Waals surface area contributed by atoms with Crippen molar-refractivity contribution in [3.63, 3.8) is 0 Å². The van der Waals surface area contributed by atoms with Crippen LogP contribution < -0.4 is 17.0 Å². The number of likely N-dealkylation sites (tertiary alicyclic amines) is 1. The highest BCUT2D eigenvalue weighted by molar-refractivity contribution is 5.94. The normalized spacial score (nSPS) is 20.9. The minimum atomic E-state index is -0.471. The zero-order valence-corrected chi connectivity index (χ0v) is 14.7. The molecule has 1 amide bonds. The molecule has 3 heterocycles. The Labute approximate surface area is 144 Å². The summed E-state index contributed by atoms with van der Waals surface area (Å²) in [5.41, 5.74) is 5.39. The lowest BCUT2D eigenvalue weighted by atomic mass is 9.92. The summed E-state index contributed by atoms with van der Waals surface area (Å²) in [5.74, 6) is 0.323. The molecule has 0 aromatic carbocycles. The number of aryl methyl sites for hydroxylation is 1. The van der Waals surface area contributed by atoms with Crippen molar-refractivity contribution in [2.24, 2.45) is 25.7 Å². The zero-order chi connectivity index (χ0) is 18.3. The molecule has 8 nitrogen and oxygen atoms in total. The summed E-state index contributed by atoms with van der Waals surface area (Å²) in [6, 6.07) is 3.09. The van der Waals surface area contributed by atoms with Crippen molar-refractivity contribution in [3.8, 4) is 0 Å². The Balaban J connectivity index is 2.06. The van der Waals surface area contributed by atoms with E-state index in [0.717, 1.165) is 17.4 Å². The maximum atomic E-state index is 12.9. The molecule has 2 aromatic rings. The van der Waals surface area contributed by atoms with Gasteiger partial charge in [-0.2, -0.15) is 0 Å². The highest BCUT2D eigenvalue weighted by Gasteiger charge is 2.30. The molecular weight excluding hydrogens is 322 g/mol. The van der Waals surface area contributed by atoms with E-state index in [9.17, 15) is 14.4 Å². The van der Waals surface area contributed by atoms with E-state index >= 15 is 0 Å². The number of amides is 1. The highest BCUT2D eigenvalue weighted by Crippen LogP contribution is 2.23. The van der Waals surface area contributed by atoms with Crippen molar-refractivity contribution < 1.29 is 4.79 Å². The molecule has 1 aliphatic rings. The predicted octanol–water partition coefficient (Wildman–Crippen LogP) is -0.168. The summed E-state index contributed by atoms with van der Waals surface area (Å²) in [6.45, 7) is 3.20. The first-order chi connectivity index (χ1) is 11.8. The molecule has 0 saturated carbocycles. The number of nitrogens with zero attached hydrogens (tertiary/aromatic N) is 4. The number of carbonyl (C=O) groups is 1. The lowest BCUT2D eigenvalue weighted by Crippen LogP contribution is -2.49. The van der Waals surface area contributed by atoms with Gasteiger partial charge in [-0.25, -0.2) is 9.78 Å². The van der Waals surface area contributed by atoms with Gasteiger partial charge in [0.25, 0.3) is 11.5 Å². The van der Waals surface area contributed by atoms with Gasteiger partial charge in [0.05, 0.1) is 5.39 Å². The molecule has 2 unspecified atom stereocenters. The van der Waals surface area contributed by atoms with Crippen LogP contribution in [0.4, 0.5) is 0 Å². The van der Waals surface area contributed by atoms with Crippen LogP contribution in [-0.2, 0) is 14.1 Å². The van der Waals surface area contributed by atoms with Crippen molar-refractivity contribution in [1.29, 1.82) is 0 Å². The smallest absolute Gasteiger partial charge is 0.332 e. The molecule has 1 aliphatic heterocycles. The molecular formula is C17H23N5O3. The van der Waals surface area contributed by atoms with Gasteiger partial charge in [0.1, 0.15) is 11.3 Å². The Morgan fingerprint density at radius 1 is 1.28 bits per heavy atom. The Morgan fingerprint density at radius 3 is 2.68 bits per heavy atom. The summed E-state index contributed by atoms with van der Waals surface area (Å²) < 4.78 is 2.31. The number of carbonyl (C=O) groups excluding carboxylic acids is 1. The van der Waals surface area contributed by atoms with E-state index in [2.05, 4.69) is 11.9 Å². The van der Waals surface area contributed by atoms with Crippen LogP contribution in [-0.4, -0.2) is 44.1 Å². The van der Waals surface area contributed by atoms with Crippen LogP contribution >= 0.6 is 0 Å². The number of piperidine rings is 1. The molecule has 25 heavy (non-hydrogen) atoms. The van der Waals surface area contributed by atoms with Crippen LogP contribution in [0.1, 0.15) is 30.3 Å². The van der Waals surface area contributed by atoms with Crippen LogP contribution in [0.25, 0.3) is 11.0 Å². The van der Waals surface area contributed by atoms with Gasteiger partial charge in [-0.15, -0.1) is 0 Å². The third-order valence-corrected chi connectivity index (χ3v) is 5.03. The van der Waals surface area contributed by atoms with Gasteiger partial charge in [-0.05, 0) is 30.9 Å². The van der Waals surface area contributed by atoms with Gasteiger partial charge in [-0.3, -0.25) is 18.7 Å². The molecule has 0 radical (unpaired) electrons. The van der Waals surface area contributed by atoms with Gasteiger partial charge in [0, 0.05) is 33.2 Å². The van der Waals surface area contributed by atoms with E-state index in [0.29, 0.717) is 24.4 Å². The standard InChI is InChI=1S/C17H23N5O3/c1-10-6-7-22(11(8-10)9-18)16(24)13-5-4-12-14(19-13)20(2)17(25)21(3)15(12)23/h4-5,10-11H,6-9,18H2,1-3H3. The number of nitrogens with two attached hydrogens (primary N) is 1. The van der Waals surface area contributed by atoms with Gasteiger partial charge in [0.15, 0.2) is 0 Å². The van der Waals surface area contributed by atoms with Crippen LogP contribution in [0.2, 0.25) is 0 Å². The van der Waals surface area contributed by atoms with E-state index in [1.807, 2.05) is 0 Å². The van der Waals surface area contributed by atoms with Gasteiger partial charge in [-0.1, -0.05) is 6.92 Å². The summed E-state index contributed by atoms with van der Waals surface area (Å²) in [7, 11) is 2.96. The number of fused-ring (bicyclic) bond motifs is 1. The van der Waals surface area contributed by atoms with Crippen LogP contribution in [0, 0.1) is 5.92 Å². The van der Waals surface area contributed by atoms with E-state index in [4.69, 9.17) is 5.73 Å². The molecule has 2 atom stereocenters. The second kappa shape index (κ2) is 6.44. The van der Waals surface area contributed by atoms with Crippen molar-refractivity contribution in [2.45, 2.75) is 25.8 Å². The predicted molar refractivity (Wildman–Crippen MR) is 94.5 cm³/mol. The molecule has 2 aromatic heterocycles. The first-order valence-corrected chi connectivity index (χ1v) is 8.43. The SMILES string of the molecule is CC1CCN(C(=O)c2ccc3c(=O)n(C)c(=O)n(C)c3n2)C(CN)C1. The van der Waals surface area contributed by atoms with Crippen LogP contribution in [0.5, 0.6) is 0 Å². The Hall–Kier alpha value is -2.48. The van der Waals surface area contributed by atoms with Gasteiger partial charge < -0.3 is 10.6 Å². The third-order valence-electron chi connectivity index (χ3n) is 5.03. The quantitative estimate of drug-likeness (QED) is 0.814. The molecule has 2 N–H and O–H groups in total. The van der Waals surface area contributed by atoms with Gasteiger partial charge in [0.2, 0.25) is 0 Å². The van der Waals surface area contributed by atoms with Crippen LogP contribution in [0.15, 0.2) is 21.7 Å². The van der Waals surface area contributed by atoms with Crippen molar-refractivity contribution >= 4 is 16.9 Å². The first kappa shape index (κ1) is 17.3. The number of aromatic nitrogens is 3. The molecule has 3 rings (SSSR count). The maximum absolute atomic E-state index is 12.9. The third kappa shape index (κ3) is 2.86. The lowest BCUT2D eigenvalue weighted by Gasteiger charge is -2.37. The zero-order valence-electron chi connectivity index (χ0n) is 14.7. The second-order valence-corrected chi connectivity index (χ2v) is 6.79. The monoisotopic (exact) mass is 345 g/mol. The molecule has 0 spiro atoms. The summed E-state index contributed by atoms with van der Waals surface area (Å²) in [5, 5.41) is 0.309. The molecule has 0 bridgehead atoms. The first-order valence-electron chi connectivity index (χ1n) is 8.43. The van der Waals surface area contributed by atoms with Crippen molar-refractivity contribution in [2.75, 3.05) is 13.1 Å². The average Bonchev–Trinajstić information content (AvgIpc) is 2.63. The summed E-state index contributed by atoms with van der Waals surface area (Å²) in [6.07, 6.45) is 1.80. The fraction of sp³-hybridized carbons (Fsp3) is 0.529. The Bertz CT molecular complexity index is 946. The molecule has 134 valence electrons. The van der Waals surface area contributed by atoms with Crippen molar-refractivity contribution in [3.05, 3.63) is 38.7 Å². The summed E-state index contributed by atoms with van der Waals surface area (Å²) >= 11 is 0. The maximum Gasteiger partial charge on any atom is 0.332 e. The van der Waals surface area contributed by atoms with E-state index in [1.54, 1.807) is 17.0 Å². The largest absolute Gasteiger partial charge is 0.333 e. The van der Waals surface area contributed by atoms with Crippen LogP contribution in [0.3, 0.4) is 0 Å². The van der Waals surface area contributed by atoms with Gasteiger partial charge >= 0.3 is 5.69 Å². The fourth-order valence-electron chi connectivity index (χ4n) is 3.46. The molecule has 1 fully saturated rings. The lowest BCUT2D eigenvalue weighted by molar-refractivity contribution is 0.0568. The molecule has 8 heteroatoms. The minimum Gasteiger partial charge on any atom is -0.333 e. The Morgan fingerprint density at radius 2 is 2.00 bits per heavy atom. The van der Waals surface area contributed by atoms with Crippen molar-refractivity contribution in [1.82, 2.24) is 19.0 Å². The van der Waals surface area contributed by atoms with E-state index < -0.39 is 11.2 Å². The fourth-order valence-corrected chi connectivity index (χ4v) is 3.46.